The van der Waals surface area contributed by atoms with Crippen LogP contribution in [0.15, 0.2) is 42.9 Å². The second-order valence-electron chi connectivity index (χ2n) is 7.81. The van der Waals surface area contributed by atoms with Crippen LogP contribution in [0.1, 0.15) is 17.5 Å². The number of rotatable bonds is 5. The first-order valence-electron chi connectivity index (χ1n) is 10.4. The Labute approximate surface area is 181 Å². The molecule has 0 radical (unpaired) electrons. The topological polar surface area (TPSA) is 81.9 Å². The molecule has 1 aromatic heterocycles. The molecule has 160 valence electrons. The minimum atomic E-state index is 0.197. The summed E-state index contributed by atoms with van der Waals surface area (Å²) >= 11 is 0. The number of nitrogens with zero attached hydrogens (tertiary/aromatic N) is 2. The predicted molar refractivity (Wildman–Crippen MR) is 123 cm³/mol. The van der Waals surface area contributed by atoms with Crippen LogP contribution in [0.4, 0.5) is 11.4 Å². The molecular weight excluding hydrogens is 392 g/mol. The Bertz CT molecular complexity index is 1160. The normalized spacial score (nSPS) is 17.6. The lowest BCUT2D eigenvalue weighted by molar-refractivity contribution is 0.222. The van der Waals surface area contributed by atoms with Crippen LogP contribution in [-0.2, 0) is 6.54 Å². The van der Waals surface area contributed by atoms with Gasteiger partial charge in [-0.3, -0.25) is 4.98 Å². The zero-order valence-electron chi connectivity index (χ0n) is 17.7. The van der Waals surface area contributed by atoms with Crippen LogP contribution in [-0.4, -0.2) is 38.4 Å². The van der Waals surface area contributed by atoms with E-state index in [0.29, 0.717) is 18.0 Å². The van der Waals surface area contributed by atoms with Crippen molar-refractivity contribution in [3.8, 4) is 17.2 Å². The van der Waals surface area contributed by atoms with E-state index in [9.17, 15) is 0 Å². The molecule has 0 spiro atoms. The van der Waals surface area contributed by atoms with Crippen molar-refractivity contribution in [3.63, 3.8) is 0 Å². The van der Waals surface area contributed by atoms with Gasteiger partial charge in [0.2, 0.25) is 0 Å². The summed E-state index contributed by atoms with van der Waals surface area (Å²) in [5.41, 5.74) is 10.4. The molecule has 7 nitrogen and oxygen atoms in total. The van der Waals surface area contributed by atoms with Gasteiger partial charge >= 0.3 is 0 Å². The van der Waals surface area contributed by atoms with Gasteiger partial charge in [-0.05, 0) is 42.8 Å². The van der Waals surface area contributed by atoms with E-state index in [1.54, 1.807) is 20.4 Å². The summed E-state index contributed by atoms with van der Waals surface area (Å²) in [6, 6.07) is 8.04. The third kappa shape index (κ3) is 3.51. The molecule has 3 aromatic rings. The molecule has 31 heavy (non-hydrogen) atoms. The van der Waals surface area contributed by atoms with Crippen LogP contribution in [0.2, 0.25) is 0 Å². The summed E-state index contributed by atoms with van der Waals surface area (Å²) in [7, 11) is 3.29. The third-order valence-corrected chi connectivity index (χ3v) is 5.94. The van der Waals surface area contributed by atoms with Crippen LogP contribution in [0.3, 0.4) is 0 Å². The van der Waals surface area contributed by atoms with Crippen molar-refractivity contribution in [2.24, 2.45) is 0 Å². The van der Waals surface area contributed by atoms with Gasteiger partial charge in [0.25, 0.3) is 0 Å². The molecular formula is C24H26N4O3. The average molecular weight is 418 g/mol. The number of ether oxygens (including phenoxy) is 3. The molecule has 1 fully saturated rings. The van der Waals surface area contributed by atoms with E-state index in [-0.39, 0.29) is 6.10 Å². The average Bonchev–Trinajstić information content (AvgIpc) is 3.31. The zero-order chi connectivity index (χ0) is 21.4. The highest BCUT2D eigenvalue weighted by Crippen LogP contribution is 2.42. The zero-order valence-corrected chi connectivity index (χ0v) is 17.7. The largest absolute Gasteiger partial charge is 0.493 e. The minimum absolute atomic E-state index is 0.197. The number of hydrogen-bond donors (Lipinski definition) is 2. The molecule has 7 heteroatoms. The number of nitrogen functional groups attached to an aromatic ring is 1. The van der Waals surface area contributed by atoms with Gasteiger partial charge in [-0.15, -0.1) is 0 Å². The molecule has 0 saturated carbocycles. The number of nitrogens with one attached hydrogen (secondary N) is 1. The lowest BCUT2D eigenvalue weighted by atomic mass is 9.95. The fourth-order valence-electron chi connectivity index (χ4n) is 4.35. The Morgan fingerprint density at radius 1 is 1.13 bits per heavy atom. The van der Waals surface area contributed by atoms with E-state index in [1.165, 1.54) is 0 Å². The third-order valence-electron chi connectivity index (χ3n) is 5.94. The number of aromatic nitrogens is 1. The maximum atomic E-state index is 6.55. The van der Waals surface area contributed by atoms with Crippen molar-refractivity contribution in [2.45, 2.75) is 19.1 Å². The Hall–Kier alpha value is -3.45. The Kier molecular flexibility index (Phi) is 5.03. The quantitative estimate of drug-likeness (QED) is 0.613. The van der Waals surface area contributed by atoms with E-state index in [4.69, 9.17) is 19.9 Å². The number of benzene rings is 2. The molecule has 0 aliphatic carbocycles. The fourth-order valence-corrected chi connectivity index (χ4v) is 4.35. The van der Waals surface area contributed by atoms with E-state index < -0.39 is 0 Å². The van der Waals surface area contributed by atoms with E-state index in [0.717, 1.165) is 58.5 Å². The first kappa shape index (κ1) is 19.5. The highest BCUT2D eigenvalue weighted by molar-refractivity contribution is 6.03. The van der Waals surface area contributed by atoms with Crippen molar-refractivity contribution in [1.29, 1.82) is 0 Å². The molecule has 2 aliphatic heterocycles. The molecule has 3 N–H and O–H groups in total. The summed E-state index contributed by atoms with van der Waals surface area (Å²) in [5.74, 6) is 2.17. The van der Waals surface area contributed by atoms with Gasteiger partial charge in [-0.2, -0.15) is 0 Å². The molecule has 0 amide bonds. The van der Waals surface area contributed by atoms with Gasteiger partial charge in [0.15, 0.2) is 11.5 Å². The summed E-state index contributed by atoms with van der Waals surface area (Å²) in [6.07, 6.45) is 8.93. The van der Waals surface area contributed by atoms with Crippen molar-refractivity contribution in [1.82, 2.24) is 10.3 Å². The maximum absolute atomic E-state index is 6.55. The summed E-state index contributed by atoms with van der Waals surface area (Å²) < 4.78 is 17.2. The highest BCUT2D eigenvalue weighted by Gasteiger charge is 2.21. The summed E-state index contributed by atoms with van der Waals surface area (Å²) in [4.78, 5) is 6.54. The number of hydrogen-bond acceptors (Lipinski definition) is 7. The molecule has 3 heterocycles. The SMILES string of the molecule is COc1ccc2c(N)c3c(cc2c1OC)CN(c1cncc(O[C@H]2CCNC2)c1)C=C3. The molecule has 0 unspecified atom stereocenters. The highest BCUT2D eigenvalue weighted by atomic mass is 16.5. The molecule has 5 rings (SSSR count). The van der Waals surface area contributed by atoms with Crippen molar-refractivity contribution < 1.29 is 14.2 Å². The Balaban J connectivity index is 1.49. The molecule has 0 bridgehead atoms. The first-order chi connectivity index (χ1) is 15.2. The number of methoxy groups -OCH3 is 2. The lowest BCUT2D eigenvalue weighted by Gasteiger charge is -2.27. The van der Waals surface area contributed by atoms with Crippen LogP contribution in [0.25, 0.3) is 16.8 Å². The standard InChI is InChI=1S/C24H26N4O3/c1-29-22-4-3-20-21(24(22)30-2)9-15-14-28(8-6-19(15)23(20)25)16-10-18(13-27-11-16)31-17-5-7-26-12-17/h3-4,6,8-11,13,17,26H,5,7,12,14,25H2,1-2H3/t17-/m0/s1. The number of fused-ring (bicyclic) bond motifs is 2. The first-order valence-corrected chi connectivity index (χ1v) is 10.4. The summed E-state index contributed by atoms with van der Waals surface area (Å²) in [5, 5.41) is 5.22. The van der Waals surface area contributed by atoms with Gasteiger partial charge < -0.3 is 30.2 Å². The second kappa shape index (κ2) is 8.00. The van der Waals surface area contributed by atoms with Crippen LogP contribution >= 0.6 is 0 Å². The minimum Gasteiger partial charge on any atom is -0.493 e. The summed E-state index contributed by atoms with van der Waals surface area (Å²) in [6.45, 7) is 2.54. The molecule has 1 saturated heterocycles. The van der Waals surface area contributed by atoms with E-state index in [2.05, 4.69) is 27.3 Å². The smallest absolute Gasteiger partial charge is 0.168 e. The van der Waals surface area contributed by atoms with Crippen LogP contribution in [0.5, 0.6) is 17.2 Å². The number of pyridine rings is 1. The number of nitrogens with two attached hydrogens (primary N) is 1. The predicted octanol–water partition coefficient (Wildman–Crippen LogP) is 3.57. The van der Waals surface area contributed by atoms with Gasteiger partial charge in [0.1, 0.15) is 11.9 Å². The maximum Gasteiger partial charge on any atom is 0.168 e. The molecule has 1 atom stereocenters. The van der Waals surface area contributed by atoms with Gasteiger partial charge in [0, 0.05) is 47.4 Å². The van der Waals surface area contributed by atoms with Gasteiger partial charge in [-0.25, -0.2) is 0 Å². The van der Waals surface area contributed by atoms with E-state index in [1.807, 2.05) is 30.6 Å². The van der Waals surface area contributed by atoms with Crippen molar-refractivity contribution in [2.75, 3.05) is 37.9 Å². The van der Waals surface area contributed by atoms with Crippen molar-refractivity contribution >= 4 is 28.2 Å². The van der Waals surface area contributed by atoms with Crippen molar-refractivity contribution in [3.05, 3.63) is 54.0 Å². The lowest BCUT2D eigenvalue weighted by Crippen LogP contribution is -2.21. The van der Waals surface area contributed by atoms with Crippen LogP contribution in [0, 0.1) is 0 Å². The number of anilines is 2. The molecule has 2 aliphatic rings. The van der Waals surface area contributed by atoms with Gasteiger partial charge in [-0.1, -0.05) is 0 Å². The fraction of sp³-hybridized carbons (Fsp3) is 0.292. The van der Waals surface area contributed by atoms with Crippen LogP contribution < -0.4 is 30.2 Å². The Morgan fingerprint density at radius 2 is 2.03 bits per heavy atom. The monoisotopic (exact) mass is 418 g/mol. The van der Waals surface area contributed by atoms with E-state index >= 15 is 0 Å². The van der Waals surface area contributed by atoms with Gasteiger partial charge in [0.05, 0.1) is 32.3 Å². The molecule has 2 aromatic carbocycles. The Morgan fingerprint density at radius 3 is 2.81 bits per heavy atom. The second-order valence-corrected chi connectivity index (χ2v) is 7.81.